The fraction of sp³-hybridized carbons (Fsp3) is 0.294. The molecule has 0 saturated carbocycles. The van der Waals surface area contributed by atoms with Gasteiger partial charge in [0.2, 0.25) is 0 Å². The molecule has 4 rings (SSSR count). The molecule has 0 aliphatic carbocycles. The largest absolute Gasteiger partial charge is 0.497 e. The van der Waals surface area contributed by atoms with Crippen LogP contribution in [0.3, 0.4) is 0 Å². The minimum absolute atomic E-state index is 0.848. The van der Waals surface area contributed by atoms with Crippen LogP contribution in [0.2, 0.25) is 0 Å². The first-order chi connectivity index (χ1) is 11.3. The highest BCUT2D eigenvalue weighted by Gasteiger charge is 2.16. The number of anilines is 1. The minimum atomic E-state index is 0.848. The van der Waals surface area contributed by atoms with Gasteiger partial charge in [-0.15, -0.1) is 0 Å². The lowest BCUT2D eigenvalue weighted by molar-refractivity contribution is 0.415. The molecule has 0 unspecified atom stereocenters. The monoisotopic (exact) mass is 309 g/mol. The zero-order chi connectivity index (χ0) is 15.6. The summed E-state index contributed by atoms with van der Waals surface area (Å²) in [5.74, 6) is 1.85. The third kappa shape index (κ3) is 2.61. The van der Waals surface area contributed by atoms with Gasteiger partial charge in [0.1, 0.15) is 11.3 Å². The highest BCUT2D eigenvalue weighted by atomic mass is 16.5. The molecule has 0 bridgehead atoms. The topological polar surface area (TPSA) is 54.7 Å². The summed E-state index contributed by atoms with van der Waals surface area (Å²) in [6.07, 6.45) is 3.71. The van der Waals surface area contributed by atoms with Gasteiger partial charge in [0.05, 0.1) is 12.8 Å². The number of hydrogen-bond acceptors (Lipinski definition) is 5. The molecule has 0 radical (unpaired) electrons. The number of benzene rings is 1. The fourth-order valence-corrected chi connectivity index (χ4v) is 2.93. The molecule has 2 aromatic heterocycles. The molecule has 118 valence electrons. The third-order valence-corrected chi connectivity index (χ3v) is 4.17. The number of methoxy groups -OCH3 is 1. The highest BCUT2D eigenvalue weighted by Crippen LogP contribution is 2.26. The Kier molecular flexibility index (Phi) is 3.59. The van der Waals surface area contributed by atoms with Crippen LogP contribution in [-0.2, 0) is 0 Å². The van der Waals surface area contributed by atoms with Crippen molar-refractivity contribution in [1.82, 2.24) is 19.9 Å². The minimum Gasteiger partial charge on any atom is -0.497 e. The summed E-state index contributed by atoms with van der Waals surface area (Å²) in [6, 6.07) is 10.1. The number of ether oxygens (including phenoxy) is 1. The molecular formula is C17H19N5O. The fourth-order valence-electron chi connectivity index (χ4n) is 2.93. The highest BCUT2D eigenvalue weighted by molar-refractivity contribution is 5.75. The number of aromatic nitrogens is 3. The van der Waals surface area contributed by atoms with Crippen molar-refractivity contribution in [2.45, 2.75) is 0 Å². The van der Waals surface area contributed by atoms with Crippen LogP contribution in [0.15, 0.2) is 42.7 Å². The van der Waals surface area contributed by atoms with Crippen molar-refractivity contribution in [3.8, 4) is 17.0 Å². The Bertz CT molecular complexity index is 805. The summed E-state index contributed by atoms with van der Waals surface area (Å²) in [7, 11) is 1.67. The molecule has 0 spiro atoms. The Hall–Kier alpha value is -2.60. The Morgan fingerprint density at radius 1 is 1.13 bits per heavy atom. The van der Waals surface area contributed by atoms with Gasteiger partial charge < -0.3 is 15.0 Å². The van der Waals surface area contributed by atoms with Gasteiger partial charge in [-0.05, 0) is 30.3 Å². The van der Waals surface area contributed by atoms with E-state index in [1.807, 2.05) is 41.2 Å². The summed E-state index contributed by atoms with van der Waals surface area (Å²) in [5.41, 5.74) is 3.05. The van der Waals surface area contributed by atoms with Gasteiger partial charge >= 0.3 is 0 Å². The second kappa shape index (κ2) is 5.89. The first-order valence-electron chi connectivity index (χ1n) is 7.79. The van der Waals surface area contributed by atoms with Crippen molar-refractivity contribution in [1.29, 1.82) is 0 Å². The second-order valence-electron chi connectivity index (χ2n) is 5.58. The Balaban J connectivity index is 1.74. The van der Waals surface area contributed by atoms with Gasteiger partial charge in [-0.1, -0.05) is 0 Å². The lowest BCUT2D eigenvalue weighted by atomic mass is 10.1. The van der Waals surface area contributed by atoms with Gasteiger partial charge in [0, 0.05) is 44.1 Å². The summed E-state index contributed by atoms with van der Waals surface area (Å²) in [4.78, 5) is 6.89. The van der Waals surface area contributed by atoms with E-state index in [9.17, 15) is 0 Å². The Morgan fingerprint density at radius 2 is 1.91 bits per heavy atom. The SMILES string of the molecule is COc1ccc(-c2cc3c(N4CCNCC4)nccn3n2)cc1. The van der Waals surface area contributed by atoms with Crippen molar-refractivity contribution < 1.29 is 4.74 Å². The maximum absolute atomic E-state index is 5.21. The molecule has 0 atom stereocenters. The number of hydrogen-bond donors (Lipinski definition) is 1. The zero-order valence-corrected chi connectivity index (χ0v) is 13.1. The summed E-state index contributed by atoms with van der Waals surface area (Å²) >= 11 is 0. The van der Waals surface area contributed by atoms with E-state index in [0.717, 1.165) is 54.5 Å². The molecule has 6 heteroatoms. The normalized spacial score (nSPS) is 15.1. The van der Waals surface area contributed by atoms with E-state index in [2.05, 4.69) is 26.4 Å². The molecule has 0 amide bonds. The van der Waals surface area contributed by atoms with Crippen LogP contribution in [0.4, 0.5) is 5.82 Å². The van der Waals surface area contributed by atoms with Crippen molar-refractivity contribution in [3.63, 3.8) is 0 Å². The Morgan fingerprint density at radius 3 is 2.65 bits per heavy atom. The second-order valence-corrected chi connectivity index (χ2v) is 5.58. The lowest BCUT2D eigenvalue weighted by Crippen LogP contribution is -2.44. The first-order valence-corrected chi connectivity index (χ1v) is 7.79. The van der Waals surface area contributed by atoms with E-state index in [-0.39, 0.29) is 0 Å². The average molecular weight is 309 g/mol. The predicted octanol–water partition coefficient (Wildman–Crippen LogP) is 1.81. The zero-order valence-electron chi connectivity index (χ0n) is 13.1. The quantitative estimate of drug-likeness (QED) is 0.800. The molecule has 1 aliphatic rings. The van der Waals surface area contributed by atoms with Crippen LogP contribution >= 0.6 is 0 Å². The van der Waals surface area contributed by atoms with Crippen LogP contribution in [0.1, 0.15) is 0 Å². The number of nitrogens with one attached hydrogen (secondary N) is 1. The van der Waals surface area contributed by atoms with Crippen LogP contribution in [0.25, 0.3) is 16.8 Å². The summed E-state index contributed by atoms with van der Waals surface area (Å²) in [6.45, 7) is 3.91. The van der Waals surface area contributed by atoms with Gasteiger partial charge in [0.25, 0.3) is 0 Å². The van der Waals surface area contributed by atoms with E-state index in [1.54, 1.807) is 7.11 Å². The van der Waals surface area contributed by atoms with Gasteiger partial charge in [0.15, 0.2) is 5.82 Å². The van der Waals surface area contributed by atoms with Gasteiger partial charge in [-0.3, -0.25) is 0 Å². The molecular weight excluding hydrogens is 290 g/mol. The molecule has 3 heterocycles. The van der Waals surface area contributed by atoms with E-state index in [4.69, 9.17) is 4.74 Å². The van der Waals surface area contributed by atoms with Gasteiger partial charge in [-0.25, -0.2) is 9.50 Å². The summed E-state index contributed by atoms with van der Waals surface area (Å²) in [5, 5.41) is 8.06. The van der Waals surface area contributed by atoms with Crippen molar-refractivity contribution in [2.75, 3.05) is 38.2 Å². The van der Waals surface area contributed by atoms with E-state index in [0.29, 0.717) is 0 Å². The van der Waals surface area contributed by atoms with Crippen LogP contribution in [0, 0.1) is 0 Å². The average Bonchev–Trinajstić information content (AvgIpc) is 3.06. The molecule has 1 aromatic carbocycles. The van der Waals surface area contributed by atoms with Crippen LogP contribution < -0.4 is 15.0 Å². The van der Waals surface area contributed by atoms with Crippen molar-refractivity contribution in [2.24, 2.45) is 0 Å². The van der Waals surface area contributed by atoms with Crippen LogP contribution in [-0.4, -0.2) is 47.9 Å². The Labute approximate surface area is 134 Å². The van der Waals surface area contributed by atoms with Crippen molar-refractivity contribution >= 4 is 11.3 Å². The summed E-state index contributed by atoms with van der Waals surface area (Å²) < 4.78 is 7.12. The molecule has 23 heavy (non-hydrogen) atoms. The molecule has 1 aliphatic heterocycles. The number of fused-ring (bicyclic) bond motifs is 1. The first kappa shape index (κ1) is 14.0. The maximum atomic E-state index is 5.21. The van der Waals surface area contributed by atoms with Gasteiger partial charge in [-0.2, -0.15) is 5.10 Å². The van der Waals surface area contributed by atoms with E-state index >= 15 is 0 Å². The third-order valence-electron chi connectivity index (χ3n) is 4.17. The number of nitrogens with zero attached hydrogens (tertiary/aromatic N) is 4. The lowest BCUT2D eigenvalue weighted by Gasteiger charge is -2.28. The number of rotatable bonds is 3. The van der Waals surface area contributed by atoms with Crippen LogP contribution in [0.5, 0.6) is 5.75 Å². The molecule has 1 fully saturated rings. The van der Waals surface area contributed by atoms with Crippen molar-refractivity contribution in [3.05, 3.63) is 42.7 Å². The predicted molar refractivity (Wildman–Crippen MR) is 90.1 cm³/mol. The molecule has 1 N–H and O–H groups in total. The van der Waals surface area contributed by atoms with E-state index in [1.165, 1.54) is 0 Å². The molecule has 6 nitrogen and oxygen atoms in total. The maximum Gasteiger partial charge on any atom is 0.154 e. The standard InChI is InChI=1S/C17H19N5O/c1-23-14-4-2-13(3-5-14)15-12-16-17(19-8-11-22(16)20-15)21-9-6-18-7-10-21/h2-5,8,11-12,18H,6-7,9-10H2,1H3. The molecule has 1 saturated heterocycles. The molecule has 3 aromatic rings. The van der Waals surface area contributed by atoms with E-state index < -0.39 is 0 Å². The smallest absolute Gasteiger partial charge is 0.154 e. The number of piperazine rings is 1.